The van der Waals surface area contributed by atoms with Gasteiger partial charge in [-0.3, -0.25) is 9.78 Å². The van der Waals surface area contributed by atoms with Gasteiger partial charge in [0.25, 0.3) is 5.91 Å². The predicted octanol–water partition coefficient (Wildman–Crippen LogP) is 3.50. The Balaban J connectivity index is 2.07. The molecule has 0 spiro atoms. The Morgan fingerprint density at radius 3 is 2.52 bits per heavy atom. The van der Waals surface area contributed by atoms with Gasteiger partial charge in [-0.1, -0.05) is 36.4 Å². The molecule has 1 aromatic heterocycles. The highest BCUT2D eigenvalue weighted by Gasteiger charge is 2.17. The summed E-state index contributed by atoms with van der Waals surface area (Å²) < 4.78 is 5.29. The number of fused-ring (bicyclic) bond motifs is 1. The first-order valence-electron chi connectivity index (χ1n) is 6.58. The number of nitrogens with zero attached hydrogens (tertiary/aromatic N) is 1. The quantitative estimate of drug-likeness (QED) is 0.797. The minimum atomic E-state index is -0.211. The minimum absolute atomic E-state index is 0.211. The maximum Gasteiger partial charge on any atom is 0.260 e. The summed E-state index contributed by atoms with van der Waals surface area (Å²) in [5.41, 5.74) is 1.99. The van der Waals surface area contributed by atoms with Gasteiger partial charge in [-0.2, -0.15) is 0 Å². The molecule has 0 aliphatic rings. The molecule has 4 nitrogen and oxygen atoms in total. The fraction of sp³-hybridized carbons (Fsp3) is 0.0588. The standard InChI is InChI=1S/C17H14N2O2/c1-21-15-11-18-14-10-6-5-9-13(14)16(15)17(20)19-12-7-3-2-4-8-12/h2-11H,1H3,(H,19,20). The number of hydrogen-bond acceptors (Lipinski definition) is 3. The van der Waals surface area contributed by atoms with Crippen LogP contribution < -0.4 is 10.1 Å². The van der Waals surface area contributed by atoms with Gasteiger partial charge in [-0.15, -0.1) is 0 Å². The molecule has 0 aliphatic carbocycles. The molecule has 1 heterocycles. The minimum Gasteiger partial charge on any atom is -0.494 e. The maximum atomic E-state index is 12.6. The summed E-state index contributed by atoms with van der Waals surface area (Å²) in [7, 11) is 1.53. The summed E-state index contributed by atoms with van der Waals surface area (Å²) in [6.45, 7) is 0. The summed E-state index contributed by atoms with van der Waals surface area (Å²) in [6, 6.07) is 16.8. The number of ether oxygens (including phenoxy) is 1. The van der Waals surface area contributed by atoms with E-state index >= 15 is 0 Å². The summed E-state index contributed by atoms with van der Waals surface area (Å²) in [4.78, 5) is 16.9. The Hall–Kier alpha value is -2.88. The Morgan fingerprint density at radius 1 is 1.05 bits per heavy atom. The summed E-state index contributed by atoms with van der Waals surface area (Å²) in [6.07, 6.45) is 1.57. The molecule has 0 saturated heterocycles. The van der Waals surface area contributed by atoms with Crippen LogP contribution in [0, 0.1) is 0 Å². The molecule has 0 atom stereocenters. The van der Waals surface area contributed by atoms with Crippen molar-refractivity contribution in [1.29, 1.82) is 0 Å². The second-order valence-corrected chi connectivity index (χ2v) is 4.54. The number of rotatable bonds is 3. The number of nitrogens with one attached hydrogen (secondary N) is 1. The van der Waals surface area contributed by atoms with Crippen LogP contribution >= 0.6 is 0 Å². The number of methoxy groups -OCH3 is 1. The normalized spacial score (nSPS) is 10.3. The molecule has 3 rings (SSSR count). The highest BCUT2D eigenvalue weighted by molar-refractivity contribution is 6.14. The zero-order valence-electron chi connectivity index (χ0n) is 11.5. The van der Waals surface area contributed by atoms with Crippen LogP contribution in [0.15, 0.2) is 60.8 Å². The molecule has 0 saturated carbocycles. The average Bonchev–Trinajstić information content (AvgIpc) is 2.54. The fourth-order valence-corrected chi connectivity index (χ4v) is 2.23. The molecule has 0 fully saturated rings. The number of aromatic nitrogens is 1. The smallest absolute Gasteiger partial charge is 0.260 e. The first-order chi connectivity index (χ1) is 10.3. The Bertz CT molecular complexity index is 785. The van der Waals surface area contributed by atoms with Crippen LogP contribution in [0.3, 0.4) is 0 Å². The van der Waals surface area contributed by atoms with Crippen molar-refractivity contribution in [3.05, 3.63) is 66.4 Å². The number of carbonyl (C=O) groups excluding carboxylic acids is 1. The van der Waals surface area contributed by atoms with Crippen LogP contribution in [0.1, 0.15) is 10.4 Å². The second kappa shape index (κ2) is 5.63. The van der Waals surface area contributed by atoms with Crippen LogP contribution in [0.25, 0.3) is 10.9 Å². The SMILES string of the molecule is COc1cnc2ccccc2c1C(=O)Nc1ccccc1. The molecule has 0 radical (unpaired) electrons. The van der Waals surface area contributed by atoms with E-state index in [0.717, 1.165) is 16.6 Å². The van der Waals surface area contributed by atoms with Crippen molar-refractivity contribution >= 4 is 22.5 Å². The van der Waals surface area contributed by atoms with Gasteiger partial charge in [0.2, 0.25) is 0 Å². The van der Waals surface area contributed by atoms with Crippen molar-refractivity contribution in [2.75, 3.05) is 12.4 Å². The lowest BCUT2D eigenvalue weighted by Crippen LogP contribution is -2.14. The molecule has 0 unspecified atom stereocenters. The van der Waals surface area contributed by atoms with Crippen molar-refractivity contribution in [2.45, 2.75) is 0 Å². The van der Waals surface area contributed by atoms with Gasteiger partial charge in [0.15, 0.2) is 5.75 Å². The third kappa shape index (κ3) is 2.56. The van der Waals surface area contributed by atoms with E-state index in [-0.39, 0.29) is 5.91 Å². The topological polar surface area (TPSA) is 51.2 Å². The van der Waals surface area contributed by atoms with Gasteiger partial charge < -0.3 is 10.1 Å². The van der Waals surface area contributed by atoms with Crippen molar-refractivity contribution < 1.29 is 9.53 Å². The van der Waals surface area contributed by atoms with Crippen molar-refractivity contribution in [3.8, 4) is 5.75 Å². The van der Waals surface area contributed by atoms with Crippen molar-refractivity contribution in [2.24, 2.45) is 0 Å². The van der Waals surface area contributed by atoms with Gasteiger partial charge in [0.1, 0.15) is 0 Å². The first kappa shape index (κ1) is 13.1. The largest absolute Gasteiger partial charge is 0.494 e. The fourth-order valence-electron chi connectivity index (χ4n) is 2.23. The molecule has 1 N–H and O–H groups in total. The van der Waals surface area contributed by atoms with E-state index in [1.165, 1.54) is 7.11 Å². The van der Waals surface area contributed by atoms with Gasteiger partial charge in [0, 0.05) is 11.1 Å². The monoisotopic (exact) mass is 278 g/mol. The Kier molecular flexibility index (Phi) is 3.51. The lowest BCUT2D eigenvalue weighted by atomic mass is 10.1. The van der Waals surface area contributed by atoms with Crippen molar-refractivity contribution in [3.63, 3.8) is 0 Å². The van der Waals surface area contributed by atoms with Gasteiger partial charge >= 0.3 is 0 Å². The summed E-state index contributed by atoms with van der Waals surface area (Å²) >= 11 is 0. The van der Waals surface area contributed by atoms with E-state index in [4.69, 9.17) is 4.74 Å². The number of para-hydroxylation sites is 2. The van der Waals surface area contributed by atoms with Gasteiger partial charge in [-0.05, 0) is 18.2 Å². The third-order valence-corrected chi connectivity index (χ3v) is 3.22. The molecule has 21 heavy (non-hydrogen) atoms. The zero-order valence-corrected chi connectivity index (χ0v) is 11.5. The van der Waals surface area contributed by atoms with Crippen LogP contribution in [0.2, 0.25) is 0 Å². The van der Waals surface area contributed by atoms with E-state index in [1.807, 2.05) is 54.6 Å². The Labute approximate surface area is 122 Å². The van der Waals surface area contributed by atoms with E-state index in [9.17, 15) is 4.79 Å². The average molecular weight is 278 g/mol. The molecular formula is C17H14N2O2. The number of hydrogen-bond donors (Lipinski definition) is 1. The lowest BCUT2D eigenvalue weighted by Gasteiger charge is -2.11. The number of carbonyl (C=O) groups is 1. The van der Waals surface area contributed by atoms with E-state index in [0.29, 0.717) is 11.3 Å². The predicted molar refractivity (Wildman–Crippen MR) is 82.7 cm³/mol. The number of benzene rings is 2. The summed E-state index contributed by atoms with van der Waals surface area (Å²) in [5, 5.41) is 3.65. The van der Waals surface area contributed by atoms with E-state index in [1.54, 1.807) is 6.20 Å². The molecule has 0 aliphatic heterocycles. The van der Waals surface area contributed by atoms with Crippen molar-refractivity contribution in [1.82, 2.24) is 4.98 Å². The molecule has 1 amide bonds. The highest BCUT2D eigenvalue weighted by Crippen LogP contribution is 2.26. The number of anilines is 1. The number of pyridine rings is 1. The molecule has 3 aromatic rings. The number of amides is 1. The lowest BCUT2D eigenvalue weighted by molar-refractivity contribution is 0.102. The zero-order chi connectivity index (χ0) is 14.7. The van der Waals surface area contributed by atoms with E-state index in [2.05, 4.69) is 10.3 Å². The maximum absolute atomic E-state index is 12.6. The van der Waals surface area contributed by atoms with Gasteiger partial charge in [0.05, 0.1) is 24.4 Å². The van der Waals surface area contributed by atoms with Crippen LogP contribution in [0.5, 0.6) is 5.75 Å². The van der Waals surface area contributed by atoms with E-state index < -0.39 is 0 Å². The van der Waals surface area contributed by atoms with Crippen LogP contribution in [0.4, 0.5) is 5.69 Å². The summed E-state index contributed by atoms with van der Waals surface area (Å²) in [5.74, 6) is 0.249. The highest BCUT2D eigenvalue weighted by atomic mass is 16.5. The molecule has 4 heteroatoms. The van der Waals surface area contributed by atoms with Crippen LogP contribution in [-0.4, -0.2) is 18.0 Å². The molecular weight excluding hydrogens is 264 g/mol. The molecule has 104 valence electrons. The molecule has 0 bridgehead atoms. The molecule has 2 aromatic carbocycles. The van der Waals surface area contributed by atoms with Gasteiger partial charge in [-0.25, -0.2) is 0 Å². The first-order valence-corrected chi connectivity index (χ1v) is 6.58. The Morgan fingerprint density at radius 2 is 1.76 bits per heavy atom. The second-order valence-electron chi connectivity index (χ2n) is 4.54. The van der Waals surface area contributed by atoms with Crippen LogP contribution in [-0.2, 0) is 0 Å². The third-order valence-electron chi connectivity index (χ3n) is 3.22.